The van der Waals surface area contributed by atoms with Gasteiger partial charge >= 0.3 is 11.4 Å². The fourth-order valence-electron chi connectivity index (χ4n) is 4.05. The molecule has 1 aliphatic heterocycles. The largest absolute Gasteiger partial charge is 0.369 e. The monoisotopic (exact) mass is 432 g/mol. The molecule has 1 fully saturated rings. The molecule has 1 saturated heterocycles. The van der Waals surface area contributed by atoms with E-state index in [0.29, 0.717) is 6.54 Å². The average molecular weight is 433 g/mol. The number of nitrogens with one attached hydrogen (secondary N) is 1. The number of benzene rings is 1. The van der Waals surface area contributed by atoms with Crippen LogP contribution in [0, 0.1) is 0 Å². The summed E-state index contributed by atoms with van der Waals surface area (Å²) in [7, 11) is 2.97. The number of halogens is 1. The second-order valence-corrected chi connectivity index (χ2v) is 8.08. The van der Waals surface area contributed by atoms with Crippen molar-refractivity contribution in [3.8, 4) is 0 Å². The van der Waals surface area contributed by atoms with E-state index in [-0.39, 0.29) is 16.9 Å². The number of piperazine rings is 1. The van der Waals surface area contributed by atoms with Gasteiger partial charge in [-0.25, -0.2) is 9.59 Å². The van der Waals surface area contributed by atoms with Gasteiger partial charge < -0.3 is 4.90 Å². The molecular formula is C20H25ClN6O3. The summed E-state index contributed by atoms with van der Waals surface area (Å²) in [6, 6.07) is 7.88. The SMILES string of the molecule is Cn1c(=O)c2c([nH]c(=O)n2CCCN2CCN(c3cccc(Cl)c3)CC2)n(C)c1=O. The van der Waals surface area contributed by atoms with Gasteiger partial charge in [0.15, 0.2) is 5.52 Å². The van der Waals surface area contributed by atoms with E-state index in [1.54, 1.807) is 7.05 Å². The first-order chi connectivity index (χ1) is 14.4. The molecule has 9 nitrogen and oxygen atoms in total. The van der Waals surface area contributed by atoms with E-state index in [4.69, 9.17) is 11.6 Å². The van der Waals surface area contributed by atoms with Crippen LogP contribution in [0.2, 0.25) is 5.02 Å². The summed E-state index contributed by atoms with van der Waals surface area (Å²) < 4.78 is 3.77. The molecule has 10 heteroatoms. The number of rotatable bonds is 5. The van der Waals surface area contributed by atoms with E-state index in [1.807, 2.05) is 18.2 Å². The molecule has 0 aliphatic carbocycles. The van der Waals surface area contributed by atoms with E-state index in [9.17, 15) is 14.4 Å². The summed E-state index contributed by atoms with van der Waals surface area (Å²) in [5.74, 6) is 0. The molecule has 1 aromatic carbocycles. The third-order valence-electron chi connectivity index (χ3n) is 5.78. The zero-order valence-corrected chi connectivity index (χ0v) is 17.9. The number of aromatic nitrogens is 4. The van der Waals surface area contributed by atoms with Crippen LogP contribution in [-0.2, 0) is 20.6 Å². The van der Waals surface area contributed by atoms with Crippen LogP contribution in [0.15, 0.2) is 38.6 Å². The number of imidazole rings is 1. The summed E-state index contributed by atoms with van der Waals surface area (Å²) in [6.07, 6.45) is 0.732. The molecule has 0 radical (unpaired) electrons. The molecule has 1 aliphatic rings. The number of anilines is 1. The summed E-state index contributed by atoms with van der Waals surface area (Å²) in [6.45, 7) is 4.92. The number of H-pyrrole nitrogens is 1. The van der Waals surface area contributed by atoms with Gasteiger partial charge in [-0.2, -0.15) is 0 Å². The molecule has 160 valence electrons. The number of fused-ring (bicyclic) bond motifs is 1. The van der Waals surface area contributed by atoms with E-state index in [0.717, 1.165) is 54.4 Å². The van der Waals surface area contributed by atoms with E-state index in [2.05, 4.69) is 20.9 Å². The molecule has 0 spiro atoms. The van der Waals surface area contributed by atoms with E-state index in [1.165, 1.54) is 16.2 Å². The summed E-state index contributed by atoms with van der Waals surface area (Å²) >= 11 is 6.09. The van der Waals surface area contributed by atoms with Crippen molar-refractivity contribution in [2.45, 2.75) is 13.0 Å². The van der Waals surface area contributed by atoms with Crippen LogP contribution in [0.5, 0.6) is 0 Å². The highest BCUT2D eigenvalue weighted by Crippen LogP contribution is 2.20. The molecule has 0 saturated carbocycles. The van der Waals surface area contributed by atoms with Crippen LogP contribution in [0.4, 0.5) is 5.69 Å². The Morgan fingerprint density at radius 2 is 1.73 bits per heavy atom. The maximum atomic E-state index is 12.5. The van der Waals surface area contributed by atoms with Crippen LogP contribution >= 0.6 is 11.6 Å². The number of nitrogens with zero attached hydrogens (tertiary/aromatic N) is 5. The van der Waals surface area contributed by atoms with Crippen molar-refractivity contribution >= 4 is 28.5 Å². The second-order valence-electron chi connectivity index (χ2n) is 7.65. The van der Waals surface area contributed by atoms with Crippen molar-refractivity contribution in [1.29, 1.82) is 0 Å². The Balaban J connectivity index is 1.40. The van der Waals surface area contributed by atoms with Crippen LogP contribution in [-0.4, -0.2) is 56.3 Å². The topological polar surface area (TPSA) is 88.3 Å². The van der Waals surface area contributed by atoms with Crippen molar-refractivity contribution in [2.75, 3.05) is 37.6 Å². The highest BCUT2D eigenvalue weighted by molar-refractivity contribution is 6.30. The molecule has 3 aromatic rings. The maximum absolute atomic E-state index is 12.5. The smallest absolute Gasteiger partial charge is 0.332 e. The quantitative estimate of drug-likeness (QED) is 0.637. The van der Waals surface area contributed by atoms with Gasteiger partial charge in [-0.3, -0.25) is 28.4 Å². The van der Waals surface area contributed by atoms with Gasteiger partial charge in [-0.05, 0) is 31.2 Å². The highest BCUT2D eigenvalue weighted by Gasteiger charge is 2.19. The van der Waals surface area contributed by atoms with Crippen molar-refractivity contribution in [3.05, 3.63) is 60.6 Å². The third-order valence-corrected chi connectivity index (χ3v) is 6.02. The molecule has 30 heavy (non-hydrogen) atoms. The van der Waals surface area contributed by atoms with Crippen LogP contribution in [0.1, 0.15) is 6.42 Å². The minimum atomic E-state index is -0.460. The lowest BCUT2D eigenvalue weighted by atomic mass is 10.2. The third kappa shape index (κ3) is 3.70. The first kappa shape index (κ1) is 20.5. The fourth-order valence-corrected chi connectivity index (χ4v) is 4.24. The van der Waals surface area contributed by atoms with Gasteiger partial charge in [0.1, 0.15) is 5.65 Å². The molecule has 1 N–H and O–H groups in total. The van der Waals surface area contributed by atoms with Crippen molar-refractivity contribution in [1.82, 2.24) is 23.6 Å². The fraction of sp³-hybridized carbons (Fsp3) is 0.450. The van der Waals surface area contributed by atoms with Crippen molar-refractivity contribution < 1.29 is 0 Å². The van der Waals surface area contributed by atoms with Crippen LogP contribution in [0.3, 0.4) is 0 Å². The molecule has 0 atom stereocenters. The molecule has 0 bridgehead atoms. The lowest BCUT2D eigenvalue weighted by Gasteiger charge is -2.36. The standard InChI is InChI=1S/C20H25ClN6O3/c1-23-17-16(18(28)24(2)20(23)30)27(19(29)22-17)8-4-7-25-9-11-26(12-10-25)15-6-3-5-14(21)13-15/h3,5-6,13H,4,7-12H2,1-2H3,(H,22,29). The predicted molar refractivity (Wildman–Crippen MR) is 118 cm³/mol. The van der Waals surface area contributed by atoms with Gasteiger partial charge in [0.05, 0.1) is 0 Å². The highest BCUT2D eigenvalue weighted by atomic mass is 35.5. The van der Waals surface area contributed by atoms with E-state index < -0.39 is 11.2 Å². The summed E-state index contributed by atoms with van der Waals surface area (Å²) in [4.78, 5) is 44.3. The maximum Gasteiger partial charge on any atom is 0.332 e. The normalized spacial score (nSPS) is 15.2. The van der Waals surface area contributed by atoms with Crippen molar-refractivity contribution in [2.24, 2.45) is 14.1 Å². The Morgan fingerprint density at radius 3 is 2.43 bits per heavy atom. The Labute approximate surface area is 177 Å². The predicted octanol–water partition coefficient (Wildman–Crippen LogP) is 0.593. The molecular weight excluding hydrogens is 408 g/mol. The van der Waals surface area contributed by atoms with Gasteiger partial charge in [0, 0.05) is 57.5 Å². The van der Waals surface area contributed by atoms with Gasteiger partial charge in [-0.1, -0.05) is 17.7 Å². The zero-order valence-electron chi connectivity index (χ0n) is 17.1. The Bertz CT molecular complexity index is 1250. The first-order valence-electron chi connectivity index (χ1n) is 9.98. The van der Waals surface area contributed by atoms with Gasteiger partial charge in [-0.15, -0.1) is 0 Å². The van der Waals surface area contributed by atoms with E-state index >= 15 is 0 Å². The number of aromatic amines is 1. The molecule has 0 amide bonds. The average Bonchev–Trinajstić information content (AvgIpc) is 3.07. The minimum Gasteiger partial charge on any atom is -0.369 e. The van der Waals surface area contributed by atoms with Crippen LogP contribution < -0.4 is 21.8 Å². The molecule has 2 aromatic heterocycles. The van der Waals surface area contributed by atoms with Crippen molar-refractivity contribution in [3.63, 3.8) is 0 Å². The number of hydrogen-bond acceptors (Lipinski definition) is 5. The first-order valence-corrected chi connectivity index (χ1v) is 10.4. The summed E-state index contributed by atoms with van der Waals surface area (Å²) in [5.41, 5.74) is 0.363. The number of hydrogen-bond donors (Lipinski definition) is 1. The van der Waals surface area contributed by atoms with Crippen LogP contribution in [0.25, 0.3) is 11.2 Å². The van der Waals surface area contributed by atoms with Gasteiger partial charge in [0.25, 0.3) is 5.56 Å². The Kier molecular flexibility index (Phi) is 5.57. The minimum absolute atomic E-state index is 0.246. The summed E-state index contributed by atoms with van der Waals surface area (Å²) in [5, 5.41) is 0.739. The number of aryl methyl sites for hydroxylation is 2. The van der Waals surface area contributed by atoms with Gasteiger partial charge in [0.2, 0.25) is 0 Å². The lowest BCUT2D eigenvalue weighted by molar-refractivity contribution is 0.250. The second kappa shape index (κ2) is 8.16. The lowest BCUT2D eigenvalue weighted by Crippen LogP contribution is -2.46. The molecule has 4 rings (SSSR count). The Hall–Kier alpha value is -2.78. The zero-order chi connectivity index (χ0) is 21.4. The molecule has 3 heterocycles. The Morgan fingerprint density at radius 1 is 1.00 bits per heavy atom. The molecule has 0 unspecified atom stereocenters.